The third kappa shape index (κ3) is 5.76. The Bertz CT molecular complexity index is 196. The molecule has 1 nitrogen and oxygen atoms in total. The first-order valence-electron chi connectivity index (χ1n) is 6.45. The van der Waals surface area contributed by atoms with E-state index < -0.39 is 0 Å². The summed E-state index contributed by atoms with van der Waals surface area (Å²) in [6.45, 7) is 3.73. The molecule has 0 spiro atoms. The first-order chi connectivity index (χ1) is 7.33. The maximum atomic E-state index is 11.4. The Labute approximate surface area is 93.9 Å². The van der Waals surface area contributed by atoms with E-state index in [2.05, 4.69) is 6.58 Å². The smallest absolute Gasteiger partial charge is 0.133 e. The van der Waals surface area contributed by atoms with Crippen LogP contribution in [0.4, 0.5) is 0 Å². The lowest BCUT2D eigenvalue weighted by Crippen LogP contribution is -2.04. The van der Waals surface area contributed by atoms with Gasteiger partial charge in [0.2, 0.25) is 0 Å². The molecule has 1 unspecified atom stereocenters. The number of rotatable bonds is 6. The van der Waals surface area contributed by atoms with Crippen molar-refractivity contribution >= 4 is 5.78 Å². The van der Waals surface area contributed by atoms with Gasteiger partial charge in [0.15, 0.2) is 0 Å². The van der Waals surface area contributed by atoms with Crippen molar-refractivity contribution in [2.24, 2.45) is 5.92 Å². The number of unbranched alkanes of at least 4 members (excludes halogenated alkanes) is 3. The van der Waals surface area contributed by atoms with Crippen LogP contribution in [0.25, 0.3) is 0 Å². The van der Waals surface area contributed by atoms with Gasteiger partial charge in [-0.15, -0.1) is 6.58 Å². The van der Waals surface area contributed by atoms with Gasteiger partial charge in [-0.25, -0.2) is 0 Å². The Balaban J connectivity index is 2.08. The first-order valence-corrected chi connectivity index (χ1v) is 6.45. The van der Waals surface area contributed by atoms with E-state index >= 15 is 0 Å². The Morgan fingerprint density at radius 2 is 2.13 bits per heavy atom. The topological polar surface area (TPSA) is 17.1 Å². The van der Waals surface area contributed by atoms with Crippen LogP contribution in [0.2, 0.25) is 0 Å². The molecule has 0 aliphatic heterocycles. The number of Topliss-reactive ketones (excluding diaryl/α,β-unsaturated/α-hetero) is 1. The number of allylic oxidation sites excluding steroid dienone is 1. The van der Waals surface area contributed by atoms with Crippen molar-refractivity contribution < 1.29 is 4.79 Å². The molecule has 0 saturated heterocycles. The lowest BCUT2D eigenvalue weighted by atomic mass is 9.93. The molecule has 15 heavy (non-hydrogen) atoms. The lowest BCUT2D eigenvalue weighted by Gasteiger charge is -2.12. The van der Waals surface area contributed by atoms with E-state index in [1.165, 1.54) is 38.5 Å². The Morgan fingerprint density at radius 3 is 2.93 bits per heavy atom. The first kappa shape index (κ1) is 12.5. The molecule has 1 rings (SSSR count). The van der Waals surface area contributed by atoms with Crippen LogP contribution in [-0.2, 0) is 4.79 Å². The predicted octanol–water partition coefficient (Wildman–Crippen LogP) is 4.27. The normalized spacial score (nSPS) is 22.4. The number of hydrogen-bond acceptors (Lipinski definition) is 1. The van der Waals surface area contributed by atoms with Gasteiger partial charge >= 0.3 is 0 Å². The maximum absolute atomic E-state index is 11.4. The van der Waals surface area contributed by atoms with Crippen molar-refractivity contribution in [3.05, 3.63) is 12.7 Å². The van der Waals surface area contributed by atoms with Gasteiger partial charge in [-0.2, -0.15) is 0 Å². The fourth-order valence-electron chi connectivity index (χ4n) is 2.43. The standard InChI is InChI=1S/C14H24O/c1-2-3-4-5-6-9-13-10-7-8-11-14(15)12-13/h2,13H,1,3-12H2. The van der Waals surface area contributed by atoms with Crippen molar-refractivity contribution in [2.75, 3.05) is 0 Å². The molecule has 1 aliphatic rings. The summed E-state index contributed by atoms with van der Waals surface area (Å²) >= 11 is 0. The van der Waals surface area contributed by atoms with Gasteiger partial charge in [-0.1, -0.05) is 38.2 Å². The molecule has 86 valence electrons. The van der Waals surface area contributed by atoms with E-state index in [0.29, 0.717) is 11.7 Å². The summed E-state index contributed by atoms with van der Waals surface area (Å²) in [5, 5.41) is 0. The highest BCUT2D eigenvalue weighted by molar-refractivity contribution is 5.78. The number of hydrogen-bond donors (Lipinski definition) is 0. The Kier molecular flexibility index (Phi) is 6.38. The van der Waals surface area contributed by atoms with Crippen molar-refractivity contribution in [3.63, 3.8) is 0 Å². The fraction of sp³-hybridized carbons (Fsp3) is 0.786. The van der Waals surface area contributed by atoms with Crippen LogP contribution >= 0.6 is 0 Å². The van der Waals surface area contributed by atoms with E-state index in [-0.39, 0.29) is 0 Å². The Morgan fingerprint density at radius 1 is 1.27 bits per heavy atom. The highest BCUT2D eigenvalue weighted by Crippen LogP contribution is 2.25. The molecular weight excluding hydrogens is 184 g/mol. The Hall–Kier alpha value is -0.590. The molecule has 0 amide bonds. The van der Waals surface area contributed by atoms with Gasteiger partial charge in [-0.3, -0.25) is 4.79 Å². The molecule has 1 fully saturated rings. The molecule has 0 aromatic rings. The molecule has 1 saturated carbocycles. The summed E-state index contributed by atoms with van der Waals surface area (Å²) in [7, 11) is 0. The molecular formula is C14H24O. The summed E-state index contributed by atoms with van der Waals surface area (Å²) < 4.78 is 0. The van der Waals surface area contributed by atoms with Crippen LogP contribution in [0.15, 0.2) is 12.7 Å². The van der Waals surface area contributed by atoms with E-state index in [1.54, 1.807) is 0 Å². The number of carbonyl (C=O) groups is 1. The molecule has 0 aromatic heterocycles. The average molecular weight is 208 g/mol. The number of ketones is 1. The van der Waals surface area contributed by atoms with Gasteiger partial charge in [0, 0.05) is 12.8 Å². The van der Waals surface area contributed by atoms with Crippen molar-refractivity contribution in [2.45, 2.75) is 64.2 Å². The maximum Gasteiger partial charge on any atom is 0.133 e. The minimum Gasteiger partial charge on any atom is -0.300 e. The highest BCUT2D eigenvalue weighted by atomic mass is 16.1. The third-order valence-corrected chi connectivity index (χ3v) is 3.35. The van der Waals surface area contributed by atoms with Gasteiger partial charge < -0.3 is 0 Å². The second kappa shape index (κ2) is 7.67. The molecule has 0 aromatic carbocycles. The summed E-state index contributed by atoms with van der Waals surface area (Å²) in [6, 6.07) is 0. The van der Waals surface area contributed by atoms with Crippen molar-refractivity contribution in [1.82, 2.24) is 0 Å². The SMILES string of the molecule is C=CCCCCCC1CCCCC(=O)C1. The number of carbonyl (C=O) groups excluding carboxylic acids is 1. The second-order valence-electron chi connectivity index (χ2n) is 4.78. The molecule has 1 heteroatoms. The van der Waals surface area contributed by atoms with Crippen LogP contribution in [0.1, 0.15) is 64.2 Å². The summed E-state index contributed by atoms with van der Waals surface area (Å²) in [5.41, 5.74) is 0. The fourth-order valence-corrected chi connectivity index (χ4v) is 2.43. The van der Waals surface area contributed by atoms with Crippen LogP contribution < -0.4 is 0 Å². The minimum absolute atomic E-state index is 0.503. The van der Waals surface area contributed by atoms with Gasteiger partial charge in [0.1, 0.15) is 5.78 Å². The molecule has 0 bridgehead atoms. The molecule has 1 aliphatic carbocycles. The van der Waals surface area contributed by atoms with Gasteiger partial charge in [0.05, 0.1) is 0 Å². The summed E-state index contributed by atoms with van der Waals surface area (Å²) in [6.07, 6.45) is 13.7. The second-order valence-corrected chi connectivity index (χ2v) is 4.78. The van der Waals surface area contributed by atoms with E-state index in [9.17, 15) is 4.79 Å². The predicted molar refractivity (Wildman–Crippen MR) is 64.9 cm³/mol. The average Bonchev–Trinajstić information content (AvgIpc) is 2.43. The minimum atomic E-state index is 0.503. The summed E-state index contributed by atoms with van der Waals surface area (Å²) in [5.74, 6) is 1.20. The zero-order valence-corrected chi connectivity index (χ0v) is 9.84. The van der Waals surface area contributed by atoms with Crippen LogP contribution in [-0.4, -0.2) is 5.78 Å². The van der Waals surface area contributed by atoms with Crippen molar-refractivity contribution in [1.29, 1.82) is 0 Å². The van der Waals surface area contributed by atoms with Crippen molar-refractivity contribution in [3.8, 4) is 0 Å². The highest BCUT2D eigenvalue weighted by Gasteiger charge is 2.16. The monoisotopic (exact) mass is 208 g/mol. The van der Waals surface area contributed by atoms with Crippen LogP contribution in [0.3, 0.4) is 0 Å². The molecule has 1 atom stereocenters. The lowest BCUT2D eigenvalue weighted by molar-refractivity contribution is -0.119. The molecule has 0 heterocycles. The quantitative estimate of drug-likeness (QED) is 0.362. The zero-order valence-electron chi connectivity index (χ0n) is 9.84. The molecule has 0 N–H and O–H groups in total. The van der Waals surface area contributed by atoms with Crippen LogP contribution in [0, 0.1) is 5.92 Å². The third-order valence-electron chi connectivity index (χ3n) is 3.35. The van der Waals surface area contributed by atoms with E-state index in [0.717, 1.165) is 25.7 Å². The van der Waals surface area contributed by atoms with E-state index in [4.69, 9.17) is 0 Å². The van der Waals surface area contributed by atoms with Gasteiger partial charge in [-0.05, 0) is 25.2 Å². The van der Waals surface area contributed by atoms with Gasteiger partial charge in [0.25, 0.3) is 0 Å². The van der Waals surface area contributed by atoms with E-state index in [1.807, 2.05) is 6.08 Å². The molecule has 0 radical (unpaired) electrons. The van der Waals surface area contributed by atoms with Crippen LogP contribution in [0.5, 0.6) is 0 Å². The summed E-state index contributed by atoms with van der Waals surface area (Å²) in [4.78, 5) is 11.4. The largest absolute Gasteiger partial charge is 0.300 e. The zero-order chi connectivity index (χ0) is 10.9.